The number of imidazole rings is 1. The van der Waals surface area contributed by atoms with Gasteiger partial charge in [0.05, 0.1) is 11.0 Å². The number of halogens is 1. The number of likely N-dealkylation sites (tertiary alicyclic amines) is 1. The van der Waals surface area contributed by atoms with Gasteiger partial charge in [0.15, 0.2) is 0 Å². The molecule has 0 amide bonds. The molecule has 3 nitrogen and oxygen atoms in total. The minimum absolute atomic E-state index is 0.634. The third-order valence-electron chi connectivity index (χ3n) is 6.01. The molecule has 0 radical (unpaired) electrons. The summed E-state index contributed by atoms with van der Waals surface area (Å²) in [5.41, 5.74) is 2.34. The van der Waals surface area contributed by atoms with E-state index in [4.69, 9.17) is 16.6 Å². The Hall–Kier alpha value is -1.06. The van der Waals surface area contributed by atoms with Crippen LogP contribution in [0.15, 0.2) is 18.2 Å². The summed E-state index contributed by atoms with van der Waals surface area (Å²) in [5, 5.41) is 0.792. The normalized spacial score (nSPS) is 20.4. The van der Waals surface area contributed by atoms with Crippen molar-refractivity contribution in [2.45, 2.75) is 70.3 Å². The van der Waals surface area contributed by atoms with Crippen molar-refractivity contribution >= 4 is 22.6 Å². The van der Waals surface area contributed by atoms with Gasteiger partial charge >= 0.3 is 0 Å². The van der Waals surface area contributed by atoms with E-state index in [1.54, 1.807) is 0 Å². The Kier molecular flexibility index (Phi) is 5.62. The van der Waals surface area contributed by atoms with Crippen LogP contribution in [0.1, 0.15) is 69.5 Å². The average molecular weight is 360 g/mol. The van der Waals surface area contributed by atoms with Crippen LogP contribution >= 0.6 is 11.6 Å². The molecule has 0 bridgehead atoms. The van der Waals surface area contributed by atoms with Crippen LogP contribution in [-0.4, -0.2) is 34.1 Å². The smallest absolute Gasteiger partial charge is 0.112 e. The molecule has 0 atom stereocenters. The van der Waals surface area contributed by atoms with Crippen molar-refractivity contribution in [3.05, 3.63) is 29.0 Å². The number of fused-ring (bicyclic) bond motifs is 1. The Morgan fingerprint density at radius 1 is 0.960 bits per heavy atom. The van der Waals surface area contributed by atoms with Crippen LogP contribution in [0.4, 0.5) is 0 Å². The SMILES string of the molecule is Clc1ccc2c(c1)nc(C1CCCCC1)n2CCCN1CCCCC1. The maximum absolute atomic E-state index is 6.22. The molecule has 2 fully saturated rings. The predicted molar refractivity (Wildman–Crippen MR) is 105 cm³/mol. The molecule has 1 aromatic heterocycles. The number of aromatic nitrogens is 2. The van der Waals surface area contributed by atoms with Gasteiger partial charge in [-0.2, -0.15) is 0 Å². The molecule has 2 aliphatic rings. The molecule has 1 saturated heterocycles. The standard InChI is InChI=1S/C21H30ClN3/c22-18-10-11-20-19(16-18)23-21(17-8-3-1-4-9-17)25(20)15-7-14-24-12-5-2-6-13-24/h10-11,16-17H,1-9,12-15H2. The monoisotopic (exact) mass is 359 g/mol. The summed E-state index contributed by atoms with van der Waals surface area (Å²) >= 11 is 6.22. The summed E-state index contributed by atoms with van der Waals surface area (Å²) in [7, 11) is 0. The first-order chi connectivity index (χ1) is 12.3. The van der Waals surface area contributed by atoms with Gasteiger partial charge in [-0.05, 0) is 69.9 Å². The Labute approximate surface area is 156 Å². The molecule has 1 saturated carbocycles. The van der Waals surface area contributed by atoms with Gasteiger partial charge in [-0.1, -0.05) is 37.3 Å². The number of piperidine rings is 1. The highest BCUT2D eigenvalue weighted by atomic mass is 35.5. The number of rotatable bonds is 5. The Morgan fingerprint density at radius 3 is 2.52 bits per heavy atom. The molecule has 2 aromatic rings. The van der Waals surface area contributed by atoms with Gasteiger partial charge in [0.2, 0.25) is 0 Å². The van der Waals surface area contributed by atoms with Crippen molar-refractivity contribution in [1.82, 2.24) is 14.5 Å². The first-order valence-electron chi connectivity index (χ1n) is 10.2. The van der Waals surface area contributed by atoms with Gasteiger partial charge in [-0.25, -0.2) is 4.98 Å². The lowest BCUT2D eigenvalue weighted by Gasteiger charge is -2.27. The van der Waals surface area contributed by atoms with Crippen molar-refractivity contribution in [3.8, 4) is 0 Å². The first-order valence-corrected chi connectivity index (χ1v) is 10.6. The van der Waals surface area contributed by atoms with E-state index in [0.29, 0.717) is 5.92 Å². The van der Waals surface area contributed by atoms with E-state index in [1.807, 2.05) is 12.1 Å². The van der Waals surface area contributed by atoms with Crippen molar-refractivity contribution in [2.75, 3.05) is 19.6 Å². The van der Waals surface area contributed by atoms with Crippen LogP contribution < -0.4 is 0 Å². The van der Waals surface area contributed by atoms with Crippen LogP contribution in [0, 0.1) is 0 Å². The zero-order chi connectivity index (χ0) is 17.1. The largest absolute Gasteiger partial charge is 0.328 e. The summed E-state index contributed by atoms with van der Waals surface area (Å²) in [6, 6.07) is 6.21. The number of hydrogen-bond acceptors (Lipinski definition) is 2. The van der Waals surface area contributed by atoms with Crippen molar-refractivity contribution in [3.63, 3.8) is 0 Å². The van der Waals surface area contributed by atoms with Crippen LogP contribution in [0.2, 0.25) is 5.02 Å². The quantitative estimate of drug-likeness (QED) is 0.691. The van der Waals surface area contributed by atoms with E-state index in [9.17, 15) is 0 Å². The van der Waals surface area contributed by atoms with E-state index >= 15 is 0 Å². The summed E-state index contributed by atoms with van der Waals surface area (Å²) in [6.45, 7) is 4.88. The van der Waals surface area contributed by atoms with Gasteiger partial charge < -0.3 is 9.47 Å². The molecule has 0 spiro atoms. The molecule has 1 aliphatic heterocycles. The summed E-state index contributed by atoms with van der Waals surface area (Å²) in [6.07, 6.45) is 12.1. The number of hydrogen-bond donors (Lipinski definition) is 0. The van der Waals surface area contributed by atoms with E-state index in [2.05, 4.69) is 15.5 Å². The molecule has 4 heteroatoms. The van der Waals surface area contributed by atoms with Crippen LogP contribution in [0.25, 0.3) is 11.0 Å². The Balaban J connectivity index is 1.53. The molecule has 1 aliphatic carbocycles. The lowest BCUT2D eigenvalue weighted by atomic mass is 9.88. The third kappa shape index (κ3) is 4.03. The minimum Gasteiger partial charge on any atom is -0.328 e. The fourth-order valence-electron chi connectivity index (χ4n) is 4.66. The van der Waals surface area contributed by atoms with Gasteiger partial charge in [0.25, 0.3) is 0 Å². The fraction of sp³-hybridized carbons (Fsp3) is 0.667. The van der Waals surface area contributed by atoms with Crippen LogP contribution in [-0.2, 0) is 6.54 Å². The van der Waals surface area contributed by atoms with E-state index < -0.39 is 0 Å². The van der Waals surface area contributed by atoms with E-state index in [-0.39, 0.29) is 0 Å². The molecule has 2 heterocycles. The highest BCUT2D eigenvalue weighted by molar-refractivity contribution is 6.31. The third-order valence-corrected chi connectivity index (χ3v) is 6.25. The predicted octanol–water partition coefficient (Wildman–Crippen LogP) is 5.61. The van der Waals surface area contributed by atoms with Gasteiger partial charge in [-0.3, -0.25) is 0 Å². The second-order valence-electron chi connectivity index (χ2n) is 7.85. The summed E-state index contributed by atoms with van der Waals surface area (Å²) in [4.78, 5) is 7.67. The molecule has 25 heavy (non-hydrogen) atoms. The summed E-state index contributed by atoms with van der Waals surface area (Å²) in [5.74, 6) is 1.95. The Bertz CT molecular complexity index is 696. The molecule has 0 N–H and O–H groups in total. The first kappa shape index (κ1) is 17.4. The molecule has 0 unspecified atom stereocenters. The molecule has 136 valence electrons. The molecular formula is C21H30ClN3. The topological polar surface area (TPSA) is 21.1 Å². The van der Waals surface area contributed by atoms with E-state index in [0.717, 1.165) is 17.1 Å². The lowest BCUT2D eigenvalue weighted by molar-refractivity contribution is 0.222. The second-order valence-corrected chi connectivity index (χ2v) is 8.28. The lowest BCUT2D eigenvalue weighted by Crippen LogP contribution is -2.31. The number of aryl methyl sites for hydroxylation is 1. The van der Waals surface area contributed by atoms with Gasteiger partial charge in [-0.15, -0.1) is 0 Å². The van der Waals surface area contributed by atoms with Crippen molar-refractivity contribution in [2.24, 2.45) is 0 Å². The van der Waals surface area contributed by atoms with E-state index in [1.165, 1.54) is 88.8 Å². The van der Waals surface area contributed by atoms with Crippen molar-refractivity contribution < 1.29 is 0 Å². The minimum atomic E-state index is 0.634. The van der Waals surface area contributed by atoms with Crippen LogP contribution in [0.3, 0.4) is 0 Å². The van der Waals surface area contributed by atoms with Gasteiger partial charge in [0.1, 0.15) is 5.82 Å². The molecular weight excluding hydrogens is 330 g/mol. The highest BCUT2D eigenvalue weighted by Crippen LogP contribution is 2.34. The zero-order valence-electron chi connectivity index (χ0n) is 15.2. The summed E-state index contributed by atoms with van der Waals surface area (Å²) < 4.78 is 2.51. The van der Waals surface area contributed by atoms with Gasteiger partial charge in [0, 0.05) is 17.5 Å². The molecule has 1 aromatic carbocycles. The highest BCUT2D eigenvalue weighted by Gasteiger charge is 2.22. The average Bonchev–Trinajstić information content (AvgIpc) is 3.01. The number of nitrogens with zero attached hydrogens (tertiary/aromatic N) is 3. The van der Waals surface area contributed by atoms with Crippen LogP contribution in [0.5, 0.6) is 0 Å². The zero-order valence-corrected chi connectivity index (χ0v) is 16.0. The fourth-order valence-corrected chi connectivity index (χ4v) is 4.83. The molecule has 4 rings (SSSR count). The Morgan fingerprint density at radius 2 is 1.72 bits per heavy atom. The van der Waals surface area contributed by atoms with Crippen molar-refractivity contribution in [1.29, 1.82) is 0 Å². The second kappa shape index (κ2) is 8.09. The maximum Gasteiger partial charge on any atom is 0.112 e. The number of benzene rings is 1. The maximum atomic E-state index is 6.22.